The highest BCUT2D eigenvalue weighted by molar-refractivity contribution is 5.94. The standard InChI is InChI=1S/C16H13NO5/c18-10-15(13-4-2-1-3-5-13)16(19)22-11-12-6-8-14(9-7-12)17(20)21/h1-10,15H,11H2. The molecule has 2 aromatic rings. The monoisotopic (exact) mass is 299 g/mol. The van der Waals surface area contributed by atoms with Gasteiger partial charge in [-0.3, -0.25) is 14.9 Å². The van der Waals surface area contributed by atoms with Crippen molar-refractivity contribution in [3.63, 3.8) is 0 Å². The molecule has 6 heteroatoms. The minimum atomic E-state index is -0.973. The Balaban J connectivity index is 1.99. The number of carbonyl (C=O) groups is 2. The number of nitrogens with zero attached hydrogens (tertiary/aromatic N) is 1. The van der Waals surface area contributed by atoms with Crippen LogP contribution in [0.25, 0.3) is 0 Å². The first-order valence-corrected chi connectivity index (χ1v) is 6.52. The summed E-state index contributed by atoms with van der Waals surface area (Å²) in [7, 11) is 0. The lowest BCUT2D eigenvalue weighted by Gasteiger charge is -2.10. The summed E-state index contributed by atoms with van der Waals surface area (Å²) in [5.41, 5.74) is 1.13. The van der Waals surface area contributed by atoms with E-state index in [1.807, 2.05) is 0 Å². The second-order valence-corrected chi connectivity index (χ2v) is 4.56. The zero-order chi connectivity index (χ0) is 15.9. The summed E-state index contributed by atoms with van der Waals surface area (Å²) < 4.78 is 5.10. The number of nitro benzene ring substituents is 1. The molecule has 0 spiro atoms. The van der Waals surface area contributed by atoms with Crippen LogP contribution in [0.3, 0.4) is 0 Å². The lowest BCUT2D eigenvalue weighted by atomic mass is 10.0. The fourth-order valence-corrected chi connectivity index (χ4v) is 1.89. The van der Waals surface area contributed by atoms with Crippen LogP contribution in [-0.2, 0) is 20.9 Å². The van der Waals surface area contributed by atoms with Crippen LogP contribution >= 0.6 is 0 Å². The molecular weight excluding hydrogens is 286 g/mol. The number of nitro groups is 1. The van der Waals surface area contributed by atoms with E-state index in [4.69, 9.17) is 4.74 Å². The van der Waals surface area contributed by atoms with Crippen molar-refractivity contribution in [2.45, 2.75) is 12.5 Å². The first-order valence-electron chi connectivity index (χ1n) is 6.52. The van der Waals surface area contributed by atoms with Crippen molar-refractivity contribution >= 4 is 17.9 Å². The van der Waals surface area contributed by atoms with E-state index in [0.717, 1.165) is 0 Å². The number of hydrogen-bond donors (Lipinski definition) is 0. The molecule has 0 radical (unpaired) electrons. The lowest BCUT2D eigenvalue weighted by Crippen LogP contribution is -2.17. The van der Waals surface area contributed by atoms with Gasteiger partial charge in [-0.2, -0.15) is 0 Å². The molecule has 0 aromatic heterocycles. The van der Waals surface area contributed by atoms with Crippen LogP contribution in [0.2, 0.25) is 0 Å². The fraction of sp³-hybridized carbons (Fsp3) is 0.125. The summed E-state index contributed by atoms with van der Waals surface area (Å²) in [6.07, 6.45) is 0.535. The van der Waals surface area contributed by atoms with E-state index in [9.17, 15) is 19.7 Å². The van der Waals surface area contributed by atoms with E-state index >= 15 is 0 Å². The molecule has 0 aliphatic heterocycles. The molecule has 1 unspecified atom stereocenters. The number of carbonyl (C=O) groups excluding carboxylic acids is 2. The van der Waals surface area contributed by atoms with Crippen molar-refractivity contribution in [3.05, 3.63) is 75.8 Å². The van der Waals surface area contributed by atoms with Crippen molar-refractivity contribution < 1.29 is 19.2 Å². The Morgan fingerprint density at radius 3 is 2.32 bits per heavy atom. The van der Waals surface area contributed by atoms with Crippen molar-refractivity contribution in [1.82, 2.24) is 0 Å². The van der Waals surface area contributed by atoms with Crippen molar-refractivity contribution in [2.24, 2.45) is 0 Å². The number of benzene rings is 2. The number of aldehydes is 1. The number of non-ortho nitro benzene ring substituents is 1. The summed E-state index contributed by atoms with van der Waals surface area (Å²) >= 11 is 0. The summed E-state index contributed by atoms with van der Waals surface area (Å²) in [5, 5.41) is 10.5. The van der Waals surface area contributed by atoms with Gasteiger partial charge in [-0.1, -0.05) is 30.3 Å². The SMILES string of the molecule is O=CC(C(=O)OCc1ccc([N+](=O)[O-])cc1)c1ccccc1. The smallest absolute Gasteiger partial charge is 0.321 e. The third-order valence-electron chi connectivity index (χ3n) is 3.08. The number of hydrogen-bond acceptors (Lipinski definition) is 5. The molecule has 22 heavy (non-hydrogen) atoms. The molecule has 0 aliphatic carbocycles. The summed E-state index contributed by atoms with van der Waals surface area (Å²) in [6.45, 7) is -0.0476. The van der Waals surface area contributed by atoms with E-state index < -0.39 is 16.8 Å². The van der Waals surface area contributed by atoms with Crippen molar-refractivity contribution in [3.8, 4) is 0 Å². The molecule has 0 fully saturated rings. The van der Waals surface area contributed by atoms with E-state index in [2.05, 4.69) is 0 Å². The molecule has 0 saturated heterocycles. The highest BCUT2D eigenvalue weighted by Crippen LogP contribution is 2.17. The van der Waals surface area contributed by atoms with Gasteiger partial charge in [-0.05, 0) is 23.3 Å². The van der Waals surface area contributed by atoms with E-state index in [0.29, 0.717) is 17.4 Å². The molecular formula is C16H13NO5. The Hall–Kier alpha value is -3.02. The van der Waals surface area contributed by atoms with E-state index in [1.165, 1.54) is 24.3 Å². The third kappa shape index (κ3) is 3.76. The minimum absolute atomic E-state index is 0.0369. The highest BCUT2D eigenvalue weighted by atomic mass is 16.6. The third-order valence-corrected chi connectivity index (χ3v) is 3.08. The molecule has 6 nitrogen and oxygen atoms in total. The van der Waals surface area contributed by atoms with Gasteiger partial charge in [-0.25, -0.2) is 0 Å². The predicted molar refractivity (Wildman–Crippen MR) is 78.1 cm³/mol. The molecule has 0 heterocycles. The van der Waals surface area contributed by atoms with E-state index in [1.54, 1.807) is 30.3 Å². The lowest BCUT2D eigenvalue weighted by molar-refractivity contribution is -0.384. The first-order chi connectivity index (χ1) is 10.6. The first kappa shape index (κ1) is 15.4. The topological polar surface area (TPSA) is 86.5 Å². The van der Waals surface area contributed by atoms with Gasteiger partial charge in [0.25, 0.3) is 5.69 Å². The van der Waals surface area contributed by atoms with Gasteiger partial charge in [0.05, 0.1) is 4.92 Å². The Labute approximate surface area is 126 Å². The summed E-state index contributed by atoms with van der Waals surface area (Å²) in [6, 6.07) is 14.3. The average Bonchev–Trinajstić information content (AvgIpc) is 2.55. The Bertz CT molecular complexity index is 667. The van der Waals surface area contributed by atoms with Gasteiger partial charge in [-0.15, -0.1) is 0 Å². The van der Waals surface area contributed by atoms with Gasteiger partial charge in [0.1, 0.15) is 18.8 Å². The number of ether oxygens (including phenoxy) is 1. The maximum Gasteiger partial charge on any atom is 0.321 e. The Kier molecular flexibility index (Phi) is 4.98. The molecule has 2 rings (SSSR count). The zero-order valence-corrected chi connectivity index (χ0v) is 11.5. The Morgan fingerprint density at radius 2 is 1.77 bits per heavy atom. The fourth-order valence-electron chi connectivity index (χ4n) is 1.89. The molecule has 0 N–H and O–H groups in total. The van der Waals surface area contributed by atoms with Gasteiger partial charge < -0.3 is 9.53 Å². The molecule has 1 atom stereocenters. The molecule has 0 bridgehead atoms. The number of rotatable bonds is 6. The largest absolute Gasteiger partial charge is 0.460 e. The van der Waals surface area contributed by atoms with Gasteiger partial charge in [0.2, 0.25) is 0 Å². The van der Waals surface area contributed by atoms with Crippen LogP contribution in [0, 0.1) is 10.1 Å². The second-order valence-electron chi connectivity index (χ2n) is 4.56. The molecule has 112 valence electrons. The maximum absolute atomic E-state index is 12.0. The molecule has 0 amide bonds. The van der Waals surface area contributed by atoms with Crippen LogP contribution in [0.1, 0.15) is 17.0 Å². The zero-order valence-electron chi connectivity index (χ0n) is 11.5. The van der Waals surface area contributed by atoms with Crippen LogP contribution in [0.15, 0.2) is 54.6 Å². The van der Waals surface area contributed by atoms with Crippen LogP contribution in [0.5, 0.6) is 0 Å². The van der Waals surface area contributed by atoms with Crippen molar-refractivity contribution in [2.75, 3.05) is 0 Å². The van der Waals surface area contributed by atoms with Gasteiger partial charge in [0.15, 0.2) is 0 Å². The highest BCUT2D eigenvalue weighted by Gasteiger charge is 2.21. The molecule has 0 saturated carbocycles. The predicted octanol–water partition coefficient (Wildman–Crippen LogP) is 2.62. The van der Waals surface area contributed by atoms with Gasteiger partial charge >= 0.3 is 5.97 Å². The average molecular weight is 299 g/mol. The summed E-state index contributed by atoms with van der Waals surface area (Å²) in [5.74, 6) is -1.63. The van der Waals surface area contributed by atoms with Crippen LogP contribution < -0.4 is 0 Å². The summed E-state index contributed by atoms with van der Waals surface area (Å²) in [4.78, 5) is 33.1. The van der Waals surface area contributed by atoms with E-state index in [-0.39, 0.29) is 12.3 Å². The van der Waals surface area contributed by atoms with Crippen LogP contribution in [-0.4, -0.2) is 17.2 Å². The van der Waals surface area contributed by atoms with Crippen LogP contribution in [0.4, 0.5) is 5.69 Å². The quantitative estimate of drug-likeness (QED) is 0.269. The number of esters is 1. The van der Waals surface area contributed by atoms with Crippen molar-refractivity contribution in [1.29, 1.82) is 0 Å². The molecule has 0 aliphatic rings. The normalized spacial score (nSPS) is 11.5. The maximum atomic E-state index is 12.0. The molecule has 2 aromatic carbocycles. The second kappa shape index (κ2) is 7.12. The Morgan fingerprint density at radius 1 is 1.14 bits per heavy atom. The van der Waals surface area contributed by atoms with Gasteiger partial charge in [0, 0.05) is 12.1 Å². The minimum Gasteiger partial charge on any atom is -0.460 e.